The Morgan fingerprint density at radius 3 is 2.62 bits per heavy atom. The number of aromatic nitrogens is 3. The summed E-state index contributed by atoms with van der Waals surface area (Å²) in [5, 5.41) is 1.03. The molecule has 32 heavy (non-hydrogen) atoms. The molecule has 0 bridgehead atoms. The van der Waals surface area contributed by atoms with E-state index in [-0.39, 0.29) is 11.7 Å². The van der Waals surface area contributed by atoms with Gasteiger partial charge in [0.05, 0.1) is 11.1 Å². The van der Waals surface area contributed by atoms with Crippen LogP contribution in [0.15, 0.2) is 48.9 Å². The number of aromatic amines is 1. The highest BCUT2D eigenvalue weighted by atomic mass is 32.2. The Hall–Kier alpha value is -2.45. The maximum absolute atomic E-state index is 13.1. The number of nitrogens with zero attached hydrogens (tertiary/aromatic N) is 4. The van der Waals surface area contributed by atoms with Crippen molar-refractivity contribution < 1.29 is 8.42 Å². The highest BCUT2D eigenvalue weighted by Gasteiger charge is 2.35. The molecule has 1 aromatic carbocycles. The van der Waals surface area contributed by atoms with Crippen LogP contribution in [0.4, 0.5) is 5.82 Å². The quantitative estimate of drug-likeness (QED) is 0.614. The first-order chi connectivity index (χ1) is 15.5. The summed E-state index contributed by atoms with van der Waals surface area (Å²) in [7, 11) is -1.13. The van der Waals surface area contributed by atoms with Crippen LogP contribution >= 0.6 is 0 Å². The molecule has 0 amide bonds. The molecule has 3 aromatic rings. The van der Waals surface area contributed by atoms with E-state index in [4.69, 9.17) is 0 Å². The zero-order chi connectivity index (χ0) is 22.1. The van der Waals surface area contributed by atoms with Gasteiger partial charge in [-0.3, -0.25) is 0 Å². The standard InChI is InChI=1S/C24H31N5O2S/c1-28(24-22-11-13-25-23(22)26-17-27-24)21-9-7-18(8-10-21)16-32(30,31)29-14-12-20(15-29)19-5-3-2-4-6-19/h2-6,11,13,17-18,20-21H,7-10,12,14-16H2,1H3,(H,25,26,27)/t18-,20?,21-. The molecule has 1 unspecified atom stereocenters. The van der Waals surface area contributed by atoms with Crippen molar-refractivity contribution >= 4 is 26.9 Å². The lowest BCUT2D eigenvalue weighted by Gasteiger charge is -2.35. The van der Waals surface area contributed by atoms with Crippen LogP contribution in [0.5, 0.6) is 0 Å². The molecule has 2 aromatic heterocycles. The fourth-order valence-corrected chi connectivity index (χ4v) is 7.32. The summed E-state index contributed by atoms with van der Waals surface area (Å²) >= 11 is 0. The van der Waals surface area contributed by atoms with Gasteiger partial charge in [-0.2, -0.15) is 0 Å². The molecule has 2 fully saturated rings. The van der Waals surface area contributed by atoms with Gasteiger partial charge in [0, 0.05) is 32.4 Å². The largest absolute Gasteiger partial charge is 0.356 e. The molecule has 1 N–H and O–H groups in total. The fraction of sp³-hybridized carbons (Fsp3) is 0.500. The minimum Gasteiger partial charge on any atom is -0.356 e. The van der Waals surface area contributed by atoms with E-state index in [0.717, 1.165) is 49.0 Å². The number of benzene rings is 1. The summed E-state index contributed by atoms with van der Waals surface area (Å²) in [5.41, 5.74) is 2.09. The van der Waals surface area contributed by atoms with Crippen LogP contribution in [-0.4, -0.2) is 59.6 Å². The van der Waals surface area contributed by atoms with Crippen LogP contribution in [0.1, 0.15) is 43.6 Å². The molecule has 5 rings (SSSR count). The summed E-state index contributed by atoms with van der Waals surface area (Å²) in [5.74, 6) is 1.77. The van der Waals surface area contributed by atoms with Gasteiger partial charge in [0.1, 0.15) is 17.8 Å². The Balaban J connectivity index is 1.17. The molecular formula is C24H31N5O2S. The third-order valence-electron chi connectivity index (χ3n) is 7.29. The Kier molecular flexibility index (Phi) is 5.90. The number of sulfonamides is 1. The van der Waals surface area contributed by atoms with Crippen molar-refractivity contribution in [2.24, 2.45) is 5.92 Å². The van der Waals surface area contributed by atoms with Gasteiger partial charge in [-0.05, 0) is 55.6 Å². The maximum atomic E-state index is 13.1. The molecule has 1 atom stereocenters. The molecule has 1 aliphatic heterocycles. The van der Waals surface area contributed by atoms with Crippen molar-refractivity contribution in [2.45, 2.75) is 44.1 Å². The minimum absolute atomic E-state index is 0.234. The highest BCUT2D eigenvalue weighted by Crippen LogP contribution is 2.34. The fourth-order valence-electron chi connectivity index (χ4n) is 5.39. The topological polar surface area (TPSA) is 82.2 Å². The summed E-state index contributed by atoms with van der Waals surface area (Å²) in [6, 6.07) is 12.7. The normalized spacial score (nSPS) is 24.7. The molecule has 1 aliphatic carbocycles. The number of hydrogen-bond donors (Lipinski definition) is 1. The molecule has 170 valence electrons. The summed E-state index contributed by atoms with van der Waals surface area (Å²) in [4.78, 5) is 14.2. The lowest BCUT2D eigenvalue weighted by atomic mass is 9.86. The van der Waals surface area contributed by atoms with Crippen molar-refractivity contribution in [3.05, 3.63) is 54.5 Å². The van der Waals surface area contributed by atoms with E-state index in [9.17, 15) is 8.42 Å². The molecule has 8 heteroatoms. The Morgan fingerprint density at radius 1 is 1.06 bits per heavy atom. The second-order valence-electron chi connectivity index (χ2n) is 9.26. The van der Waals surface area contributed by atoms with Gasteiger partial charge in [-0.1, -0.05) is 30.3 Å². The van der Waals surface area contributed by atoms with E-state index in [1.165, 1.54) is 5.56 Å². The number of hydrogen-bond acceptors (Lipinski definition) is 5. The average Bonchev–Trinajstić information content (AvgIpc) is 3.50. The maximum Gasteiger partial charge on any atom is 0.214 e. The average molecular weight is 454 g/mol. The number of rotatable bonds is 6. The minimum atomic E-state index is -3.22. The highest BCUT2D eigenvalue weighted by molar-refractivity contribution is 7.89. The van der Waals surface area contributed by atoms with Crippen molar-refractivity contribution in [2.75, 3.05) is 30.8 Å². The van der Waals surface area contributed by atoms with Gasteiger partial charge < -0.3 is 9.88 Å². The Morgan fingerprint density at radius 2 is 1.84 bits per heavy atom. The zero-order valence-electron chi connectivity index (χ0n) is 18.5. The lowest BCUT2D eigenvalue weighted by molar-refractivity contribution is 0.336. The van der Waals surface area contributed by atoms with E-state index >= 15 is 0 Å². The van der Waals surface area contributed by atoms with Gasteiger partial charge in [-0.15, -0.1) is 0 Å². The second-order valence-corrected chi connectivity index (χ2v) is 11.3. The summed E-state index contributed by atoms with van der Waals surface area (Å²) in [6.07, 6.45) is 8.24. The number of fused-ring (bicyclic) bond motifs is 1. The van der Waals surface area contributed by atoms with E-state index < -0.39 is 10.0 Å². The van der Waals surface area contributed by atoms with E-state index in [0.29, 0.717) is 25.0 Å². The van der Waals surface area contributed by atoms with Gasteiger partial charge in [0.2, 0.25) is 10.0 Å². The monoisotopic (exact) mass is 453 g/mol. The molecule has 3 heterocycles. The van der Waals surface area contributed by atoms with Gasteiger partial charge in [0.15, 0.2) is 0 Å². The smallest absolute Gasteiger partial charge is 0.214 e. The van der Waals surface area contributed by atoms with Crippen LogP contribution in [0, 0.1) is 5.92 Å². The van der Waals surface area contributed by atoms with Crippen molar-refractivity contribution in [3.63, 3.8) is 0 Å². The second kappa shape index (κ2) is 8.83. The first kappa shape index (κ1) is 21.4. The lowest BCUT2D eigenvalue weighted by Crippen LogP contribution is -2.39. The zero-order valence-corrected chi connectivity index (χ0v) is 19.3. The molecule has 0 radical (unpaired) electrons. The molecule has 0 spiro atoms. The van der Waals surface area contributed by atoms with Gasteiger partial charge in [-0.25, -0.2) is 22.7 Å². The number of anilines is 1. The first-order valence-electron chi connectivity index (χ1n) is 11.5. The molecule has 1 saturated heterocycles. The van der Waals surface area contributed by atoms with Crippen molar-refractivity contribution in [3.8, 4) is 0 Å². The molecule has 1 saturated carbocycles. The summed E-state index contributed by atoms with van der Waals surface area (Å²) < 4.78 is 28.0. The Bertz CT molecular complexity index is 1160. The van der Waals surface area contributed by atoms with E-state index in [1.807, 2.05) is 30.5 Å². The van der Waals surface area contributed by atoms with Gasteiger partial charge in [0.25, 0.3) is 0 Å². The molecule has 7 nitrogen and oxygen atoms in total. The van der Waals surface area contributed by atoms with Gasteiger partial charge >= 0.3 is 0 Å². The molecular weight excluding hydrogens is 422 g/mol. The molecule has 2 aliphatic rings. The van der Waals surface area contributed by atoms with Crippen LogP contribution in [0.2, 0.25) is 0 Å². The van der Waals surface area contributed by atoms with Crippen molar-refractivity contribution in [1.29, 1.82) is 0 Å². The predicted octanol–water partition coefficient (Wildman–Crippen LogP) is 3.77. The van der Waals surface area contributed by atoms with E-state index in [1.54, 1.807) is 10.6 Å². The van der Waals surface area contributed by atoms with Crippen LogP contribution < -0.4 is 4.90 Å². The van der Waals surface area contributed by atoms with Crippen LogP contribution in [-0.2, 0) is 10.0 Å². The summed E-state index contributed by atoms with van der Waals surface area (Å²) in [6.45, 7) is 1.26. The third kappa shape index (κ3) is 4.26. The van der Waals surface area contributed by atoms with Crippen LogP contribution in [0.3, 0.4) is 0 Å². The van der Waals surface area contributed by atoms with E-state index in [2.05, 4.69) is 39.0 Å². The van der Waals surface area contributed by atoms with Crippen LogP contribution in [0.25, 0.3) is 11.0 Å². The first-order valence-corrected chi connectivity index (χ1v) is 13.2. The predicted molar refractivity (Wildman–Crippen MR) is 127 cm³/mol. The Labute approximate surface area is 189 Å². The SMILES string of the molecule is CN(c1ncnc2[nH]ccc12)[C@H]1CC[C@H](CS(=O)(=O)N2CCC(c3ccccc3)C2)CC1. The van der Waals surface area contributed by atoms with Crippen molar-refractivity contribution in [1.82, 2.24) is 19.3 Å². The third-order valence-corrected chi connectivity index (χ3v) is 9.30. The number of H-pyrrole nitrogens is 1. The number of nitrogens with one attached hydrogen (secondary N) is 1.